The zero-order valence-corrected chi connectivity index (χ0v) is 18.6. The lowest BCUT2D eigenvalue weighted by molar-refractivity contribution is -0.119. The molecule has 1 atom stereocenters. The van der Waals surface area contributed by atoms with E-state index in [1.165, 1.54) is 4.90 Å². The number of fused-ring (bicyclic) bond motifs is 1. The molecule has 1 aliphatic rings. The predicted molar refractivity (Wildman–Crippen MR) is 130 cm³/mol. The van der Waals surface area contributed by atoms with Crippen molar-refractivity contribution < 1.29 is 14.1 Å². The van der Waals surface area contributed by atoms with E-state index in [0.29, 0.717) is 22.6 Å². The number of urea groups is 1. The highest BCUT2D eigenvalue weighted by Crippen LogP contribution is 2.27. The van der Waals surface area contributed by atoms with Crippen molar-refractivity contribution in [3.8, 4) is 11.4 Å². The average Bonchev–Trinajstić information content (AvgIpc) is 3.29. The molecule has 10 heteroatoms. The fourth-order valence-electron chi connectivity index (χ4n) is 3.83. The highest BCUT2D eigenvalue weighted by molar-refractivity contribution is 6.20. The first-order valence-corrected chi connectivity index (χ1v) is 10.7. The summed E-state index contributed by atoms with van der Waals surface area (Å²) in [7, 11) is 1.65. The number of aromatic nitrogens is 2. The molecule has 1 aliphatic heterocycles. The van der Waals surface area contributed by atoms with E-state index in [0.717, 1.165) is 11.1 Å². The second-order valence-electron chi connectivity index (χ2n) is 7.78. The van der Waals surface area contributed by atoms with Crippen molar-refractivity contribution in [1.29, 1.82) is 0 Å². The first-order valence-electron chi connectivity index (χ1n) is 10.7. The largest absolute Gasteiger partial charge is 0.439 e. The van der Waals surface area contributed by atoms with Crippen LogP contribution in [0.1, 0.15) is 11.1 Å². The summed E-state index contributed by atoms with van der Waals surface area (Å²) < 4.78 is 4.53. The Hall–Kier alpha value is -4.99. The van der Waals surface area contributed by atoms with Gasteiger partial charge < -0.3 is 15.5 Å². The Balaban J connectivity index is 1.43. The van der Waals surface area contributed by atoms with Gasteiger partial charge in [0.2, 0.25) is 6.17 Å². The number of anilines is 2. The van der Waals surface area contributed by atoms with Crippen LogP contribution < -0.4 is 21.3 Å². The number of H-pyrrole nitrogens is 1. The Labute approximate surface area is 199 Å². The molecule has 0 fully saturated rings. The van der Waals surface area contributed by atoms with Crippen LogP contribution in [0.3, 0.4) is 0 Å². The monoisotopic (exact) mass is 468 g/mol. The van der Waals surface area contributed by atoms with Gasteiger partial charge in [-0.05, 0) is 18.2 Å². The van der Waals surface area contributed by atoms with Gasteiger partial charge >= 0.3 is 11.8 Å². The van der Waals surface area contributed by atoms with Gasteiger partial charge in [-0.25, -0.2) is 14.6 Å². The summed E-state index contributed by atoms with van der Waals surface area (Å²) in [6.07, 6.45) is -1.15. The van der Waals surface area contributed by atoms with E-state index in [9.17, 15) is 14.4 Å². The number of nitrogens with zero attached hydrogens (tertiary/aromatic N) is 3. The van der Waals surface area contributed by atoms with Crippen molar-refractivity contribution >= 4 is 29.0 Å². The third-order valence-electron chi connectivity index (χ3n) is 5.49. The van der Waals surface area contributed by atoms with Crippen LogP contribution >= 0.6 is 0 Å². The van der Waals surface area contributed by atoms with E-state index in [4.69, 9.17) is 0 Å². The van der Waals surface area contributed by atoms with Gasteiger partial charge in [0.25, 0.3) is 5.91 Å². The van der Waals surface area contributed by atoms with Crippen LogP contribution in [0.4, 0.5) is 16.2 Å². The van der Waals surface area contributed by atoms with Crippen molar-refractivity contribution in [3.05, 3.63) is 101 Å². The lowest BCUT2D eigenvalue weighted by Gasteiger charge is -2.21. The van der Waals surface area contributed by atoms with E-state index < -0.39 is 18.0 Å². The molecule has 35 heavy (non-hydrogen) atoms. The molecular weight excluding hydrogens is 448 g/mol. The normalized spacial score (nSPS) is 15.1. The number of carbonyl (C=O) groups excluding carboxylic acids is 2. The molecule has 2 heterocycles. The molecule has 3 aromatic carbocycles. The maximum Gasteiger partial charge on any atom is 0.439 e. The minimum Gasteiger partial charge on any atom is -0.311 e. The molecule has 0 aliphatic carbocycles. The van der Waals surface area contributed by atoms with Crippen molar-refractivity contribution in [2.75, 3.05) is 17.3 Å². The third-order valence-corrected chi connectivity index (χ3v) is 5.49. The molecule has 0 bridgehead atoms. The van der Waals surface area contributed by atoms with Gasteiger partial charge in [-0.15, -0.1) is 0 Å². The van der Waals surface area contributed by atoms with E-state index in [-0.39, 0.29) is 11.7 Å². The number of nitrogens with one attached hydrogen (secondary N) is 3. The van der Waals surface area contributed by atoms with Crippen LogP contribution in [0.25, 0.3) is 11.4 Å². The summed E-state index contributed by atoms with van der Waals surface area (Å²) in [5.74, 6) is -0.831. The number of rotatable bonds is 4. The summed E-state index contributed by atoms with van der Waals surface area (Å²) in [4.78, 5) is 45.9. The van der Waals surface area contributed by atoms with Crippen LogP contribution in [-0.2, 0) is 4.79 Å². The summed E-state index contributed by atoms with van der Waals surface area (Å²) >= 11 is 0. The van der Waals surface area contributed by atoms with Crippen LogP contribution in [0.2, 0.25) is 0 Å². The topological polar surface area (TPSA) is 133 Å². The van der Waals surface area contributed by atoms with Gasteiger partial charge in [0.15, 0.2) is 5.82 Å². The minimum absolute atomic E-state index is 0.231. The van der Waals surface area contributed by atoms with Crippen LogP contribution in [0.15, 0.2) is 93.2 Å². The van der Waals surface area contributed by atoms with Gasteiger partial charge in [0.1, 0.15) is 0 Å². The standard InChI is InChI=1S/C25H20N6O4/c1-31-19-13-6-5-12-18(19)20(15-8-3-2-4-9-15)27-22(23(31)32)28-24(33)26-17-11-7-10-16(14-17)21-29-25(34)35-30-21/h2-14,22H,1H3,(H2,26,28,33)(H,29,30,34). The molecule has 10 nitrogen and oxygen atoms in total. The van der Waals surface area contributed by atoms with Gasteiger partial charge in [-0.1, -0.05) is 65.8 Å². The number of hydrogen-bond acceptors (Lipinski definition) is 6. The second kappa shape index (κ2) is 9.10. The van der Waals surface area contributed by atoms with Gasteiger partial charge in [0.05, 0.1) is 11.4 Å². The Morgan fingerprint density at radius 2 is 1.71 bits per heavy atom. The van der Waals surface area contributed by atoms with E-state index in [1.807, 2.05) is 54.6 Å². The molecule has 174 valence electrons. The summed E-state index contributed by atoms with van der Waals surface area (Å²) in [6, 6.07) is 23.0. The van der Waals surface area contributed by atoms with Gasteiger partial charge in [-0.3, -0.25) is 14.3 Å². The lowest BCUT2D eigenvalue weighted by Crippen LogP contribution is -2.47. The Bertz CT molecular complexity index is 1490. The van der Waals surface area contributed by atoms with E-state index in [2.05, 4.69) is 30.3 Å². The Morgan fingerprint density at radius 3 is 2.49 bits per heavy atom. The number of amides is 3. The molecule has 0 radical (unpaired) electrons. The Kier molecular flexibility index (Phi) is 5.68. The average molecular weight is 468 g/mol. The summed E-state index contributed by atoms with van der Waals surface area (Å²) in [5.41, 5.74) is 3.87. The SMILES string of the molecule is CN1C(=O)C(NC(=O)Nc2cccc(-c3noc(=O)[nH]3)c2)N=C(c2ccccc2)c2ccccc21. The summed E-state index contributed by atoms with van der Waals surface area (Å²) in [5, 5.41) is 9.01. The van der Waals surface area contributed by atoms with Gasteiger partial charge in [-0.2, -0.15) is 0 Å². The van der Waals surface area contributed by atoms with Crippen molar-refractivity contribution in [2.24, 2.45) is 4.99 Å². The number of aromatic amines is 1. The molecule has 1 aromatic heterocycles. The first kappa shape index (κ1) is 21.8. The maximum atomic E-state index is 13.2. The number of likely N-dealkylation sites (N-methyl/N-ethyl adjacent to an activating group) is 1. The smallest absolute Gasteiger partial charge is 0.311 e. The molecule has 3 N–H and O–H groups in total. The van der Waals surface area contributed by atoms with Crippen molar-refractivity contribution in [3.63, 3.8) is 0 Å². The van der Waals surface area contributed by atoms with Crippen molar-refractivity contribution in [2.45, 2.75) is 6.17 Å². The number of carbonyl (C=O) groups is 2. The van der Waals surface area contributed by atoms with Crippen LogP contribution in [0.5, 0.6) is 0 Å². The molecule has 0 spiro atoms. The molecule has 0 saturated heterocycles. The van der Waals surface area contributed by atoms with Gasteiger partial charge in [0, 0.05) is 29.4 Å². The highest BCUT2D eigenvalue weighted by Gasteiger charge is 2.31. The highest BCUT2D eigenvalue weighted by atomic mass is 16.5. The Morgan fingerprint density at radius 1 is 0.971 bits per heavy atom. The number of benzene rings is 3. The molecule has 5 rings (SSSR count). The molecule has 4 aromatic rings. The second-order valence-corrected chi connectivity index (χ2v) is 7.78. The fourth-order valence-corrected chi connectivity index (χ4v) is 3.83. The van der Waals surface area contributed by atoms with Crippen molar-refractivity contribution in [1.82, 2.24) is 15.5 Å². The number of hydrogen-bond donors (Lipinski definition) is 3. The third kappa shape index (κ3) is 4.44. The molecular formula is C25H20N6O4. The quantitative estimate of drug-likeness (QED) is 0.424. The van der Waals surface area contributed by atoms with Crippen LogP contribution in [0, 0.1) is 0 Å². The zero-order valence-electron chi connectivity index (χ0n) is 18.6. The maximum absolute atomic E-state index is 13.2. The molecule has 1 unspecified atom stereocenters. The predicted octanol–water partition coefficient (Wildman–Crippen LogP) is 2.99. The summed E-state index contributed by atoms with van der Waals surface area (Å²) in [6.45, 7) is 0. The number of benzodiazepines with no additional fused rings is 1. The minimum atomic E-state index is -1.15. The number of para-hydroxylation sites is 1. The molecule has 3 amide bonds. The van der Waals surface area contributed by atoms with E-state index in [1.54, 1.807) is 31.3 Å². The van der Waals surface area contributed by atoms with Crippen LogP contribution in [-0.4, -0.2) is 41.0 Å². The number of aliphatic imine (C=N–C) groups is 1. The first-order chi connectivity index (χ1) is 17.0. The molecule has 0 saturated carbocycles. The fraction of sp³-hybridized carbons (Fsp3) is 0.0800. The lowest BCUT2D eigenvalue weighted by atomic mass is 10.0. The van der Waals surface area contributed by atoms with E-state index >= 15 is 0 Å². The zero-order chi connectivity index (χ0) is 24.4.